The number of benzene rings is 1. The van der Waals surface area contributed by atoms with E-state index in [1.165, 1.54) is 18.4 Å². The Hall–Kier alpha value is -0.930. The molecule has 0 aliphatic rings. The molecule has 19 heavy (non-hydrogen) atoms. The third kappa shape index (κ3) is 4.29. The molecule has 2 nitrogen and oxygen atoms in total. The van der Waals surface area contributed by atoms with Crippen molar-refractivity contribution in [1.29, 1.82) is 0 Å². The van der Waals surface area contributed by atoms with Gasteiger partial charge in [-0.2, -0.15) is 0 Å². The Morgan fingerprint density at radius 2 is 2.00 bits per heavy atom. The second-order valence-corrected chi connectivity index (χ2v) is 5.85. The van der Waals surface area contributed by atoms with E-state index in [0.717, 1.165) is 23.0 Å². The fourth-order valence-corrected chi connectivity index (χ4v) is 3.14. The Balaban J connectivity index is 1.68. The van der Waals surface area contributed by atoms with Crippen LogP contribution in [0.2, 0.25) is 0 Å². The van der Waals surface area contributed by atoms with Gasteiger partial charge in [0.2, 0.25) is 0 Å². The van der Waals surface area contributed by atoms with Crippen LogP contribution in [0.4, 0.5) is 0 Å². The van der Waals surface area contributed by atoms with E-state index in [0.29, 0.717) is 5.88 Å². The summed E-state index contributed by atoms with van der Waals surface area (Å²) >= 11 is 7.64. The zero-order valence-corrected chi connectivity index (χ0v) is 12.8. The highest BCUT2D eigenvalue weighted by Gasteiger charge is 2.05. The smallest absolute Gasteiger partial charge is 0.167 e. The minimum Gasteiger partial charge on any atom is -0.325 e. The number of rotatable bonds is 7. The van der Waals surface area contributed by atoms with E-state index >= 15 is 0 Å². The number of aromatic nitrogens is 2. The summed E-state index contributed by atoms with van der Waals surface area (Å²) < 4.78 is 2.08. The zero-order valence-electron chi connectivity index (χ0n) is 11.2. The first kappa shape index (κ1) is 14.5. The molecule has 0 radical (unpaired) electrons. The first-order chi connectivity index (χ1) is 9.31. The highest BCUT2D eigenvalue weighted by atomic mass is 35.5. The molecule has 1 heterocycles. The first-order valence-corrected chi connectivity index (χ1v) is 8.06. The number of halogens is 1. The van der Waals surface area contributed by atoms with Gasteiger partial charge in [-0.15, -0.1) is 11.6 Å². The van der Waals surface area contributed by atoms with Crippen LogP contribution >= 0.6 is 23.4 Å². The number of hydrogen-bond acceptors (Lipinski definition) is 2. The van der Waals surface area contributed by atoms with E-state index in [1.807, 2.05) is 25.0 Å². The van der Waals surface area contributed by atoms with Crippen molar-refractivity contribution in [3.05, 3.63) is 47.8 Å². The van der Waals surface area contributed by atoms with Gasteiger partial charge in [-0.1, -0.05) is 42.1 Å². The van der Waals surface area contributed by atoms with E-state index in [4.69, 9.17) is 11.6 Å². The Morgan fingerprint density at radius 1 is 1.21 bits per heavy atom. The molecule has 0 saturated heterocycles. The SMILES string of the molecule is Cn1c(CCl)cnc1SCCCCc1ccccc1. The standard InChI is InChI=1S/C15H19ClN2S/c1-18-14(11-16)12-17-15(18)19-10-6-5-9-13-7-3-2-4-8-13/h2-4,7-8,12H,5-6,9-11H2,1H3. The molecule has 102 valence electrons. The van der Waals surface area contributed by atoms with Crippen molar-refractivity contribution in [3.8, 4) is 0 Å². The lowest BCUT2D eigenvalue weighted by molar-refractivity contribution is 0.755. The molecule has 0 saturated carbocycles. The van der Waals surface area contributed by atoms with Crippen molar-refractivity contribution in [2.75, 3.05) is 5.75 Å². The zero-order chi connectivity index (χ0) is 13.5. The number of thioether (sulfide) groups is 1. The van der Waals surface area contributed by atoms with Crippen molar-refractivity contribution in [1.82, 2.24) is 9.55 Å². The molecular weight excluding hydrogens is 276 g/mol. The molecule has 0 unspecified atom stereocenters. The number of alkyl halides is 1. The van der Waals surface area contributed by atoms with Crippen molar-refractivity contribution >= 4 is 23.4 Å². The number of aryl methyl sites for hydroxylation is 1. The van der Waals surface area contributed by atoms with Gasteiger partial charge in [0.1, 0.15) is 0 Å². The van der Waals surface area contributed by atoms with Gasteiger partial charge in [0.25, 0.3) is 0 Å². The van der Waals surface area contributed by atoms with Crippen LogP contribution in [-0.4, -0.2) is 15.3 Å². The van der Waals surface area contributed by atoms with Gasteiger partial charge in [0.05, 0.1) is 17.8 Å². The first-order valence-electron chi connectivity index (χ1n) is 6.54. The third-order valence-corrected chi connectivity index (χ3v) is 4.52. The van der Waals surface area contributed by atoms with Crippen LogP contribution in [0.5, 0.6) is 0 Å². The summed E-state index contributed by atoms with van der Waals surface area (Å²) in [5.74, 6) is 1.64. The summed E-state index contributed by atoms with van der Waals surface area (Å²) in [6, 6.07) is 10.7. The summed E-state index contributed by atoms with van der Waals surface area (Å²) in [5, 5.41) is 1.07. The molecule has 0 fully saturated rings. The van der Waals surface area contributed by atoms with Gasteiger partial charge in [-0.25, -0.2) is 4.98 Å². The molecule has 4 heteroatoms. The molecule has 0 bridgehead atoms. The molecule has 2 aromatic rings. The van der Waals surface area contributed by atoms with E-state index < -0.39 is 0 Å². The van der Waals surface area contributed by atoms with Gasteiger partial charge in [-0.3, -0.25) is 0 Å². The Bertz CT molecular complexity index is 496. The molecule has 0 aliphatic carbocycles. The maximum absolute atomic E-state index is 5.83. The van der Waals surface area contributed by atoms with E-state index in [2.05, 4.69) is 39.9 Å². The summed E-state index contributed by atoms with van der Waals surface area (Å²) in [4.78, 5) is 4.38. The predicted octanol–water partition coefficient (Wildman–Crippen LogP) is 4.27. The van der Waals surface area contributed by atoms with Crippen LogP contribution in [0, 0.1) is 0 Å². The maximum Gasteiger partial charge on any atom is 0.167 e. The predicted molar refractivity (Wildman–Crippen MR) is 82.9 cm³/mol. The molecule has 0 atom stereocenters. The maximum atomic E-state index is 5.83. The van der Waals surface area contributed by atoms with Gasteiger partial charge in [0.15, 0.2) is 5.16 Å². The number of imidazole rings is 1. The Morgan fingerprint density at radius 3 is 2.68 bits per heavy atom. The number of nitrogens with zero attached hydrogens (tertiary/aromatic N) is 2. The number of unbranched alkanes of at least 4 members (excludes halogenated alkanes) is 1. The fourth-order valence-electron chi connectivity index (χ4n) is 1.92. The van der Waals surface area contributed by atoms with Crippen molar-refractivity contribution in [3.63, 3.8) is 0 Å². The van der Waals surface area contributed by atoms with Crippen LogP contribution in [0.15, 0.2) is 41.7 Å². The minimum absolute atomic E-state index is 0.526. The van der Waals surface area contributed by atoms with Crippen molar-refractivity contribution in [2.24, 2.45) is 7.05 Å². The average Bonchev–Trinajstić information content (AvgIpc) is 2.80. The molecule has 2 rings (SSSR count). The van der Waals surface area contributed by atoms with Crippen molar-refractivity contribution < 1.29 is 0 Å². The average molecular weight is 295 g/mol. The lowest BCUT2D eigenvalue weighted by atomic mass is 10.1. The van der Waals surface area contributed by atoms with E-state index in [-0.39, 0.29) is 0 Å². The van der Waals surface area contributed by atoms with Crippen molar-refractivity contribution in [2.45, 2.75) is 30.3 Å². The molecule has 1 aromatic heterocycles. The fraction of sp³-hybridized carbons (Fsp3) is 0.400. The molecule has 1 aromatic carbocycles. The minimum atomic E-state index is 0.526. The Labute approximate surface area is 124 Å². The topological polar surface area (TPSA) is 17.8 Å². The molecule has 0 amide bonds. The normalized spacial score (nSPS) is 10.8. The summed E-state index contributed by atoms with van der Waals surface area (Å²) in [6.45, 7) is 0. The number of hydrogen-bond donors (Lipinski definition) is 0. The van der Waals surface area contributed by atoms with E-state index in [1.54, 1.807) is 0 Å². The highest BCUT2D eigenvalue weighted by molar-refractivity contribution is 7.99. The summed E-state index contributed by atoms with van der Waals surface area (Å²) in [7, 11) is 2.02. The summed E-state index contributed by atoms with van der Waals surface area (Å²) in [6.07, 6.45) is 5.46. The van der Waals surface area contributed by atoms with E-state index in [9.17, 15) is 0 Å². The molecule has 0 N–H and O–H groups in total. The van der Waals surface area contributed by atoms with Gasteiger partial charge in [0, 0.05) is 12.8 Å². The Kier molecular flexibility index (Phi) is 5.80. The van der Waals surface area contributed by atoms with Crippen LogP contribution in [0.1, 0.15) is 24.1 Å². The second-order valence-electron chi connectivity index (χ2n) is 4.52. The van der Waals surface area contributed by atoms with Gasteiger partial charge < -0.3 is 4.57 Å². The lowest BCUT2D eigenvalue weighted by Gasteiger charge is -2.04. The largest absolute Gasteiger partial charge is 0.325 e. The monoisotopic (exact) mass is 294 g/mol. The quantitative estimate of drug-likeness (QED) is 0.431. The second kappa shape index (κ2) is 7.61. The van der Waals surface area contributed by atoms with Crippen LogP contribution < -0.4 is 0 Å². The van der Waals surface area contributed by atoms with Crippen LogP contribution in [0.25, 0.3) is 0 Å². The van der Waals surface area contributed by atoms with Gasteiger partial charge in [-0.05, 0) is 24.8 Å². The molecular formula is C15H19ClN2S. The lowest BCUT2D eigenvalue weighted by Crippen LogP contribution is -1.96. The molecule has 0 spiro atoms. The summed E-state index contributed by atoms with van der Waals surface area (Å²) in [5.41, 5.74) is 2.50. The third-order valence-electron chi connectivity index (χ3n) is 3.11. The molecule has 0 aliphatic heterocycles. The van der Waals surface area contributed by atoms with Gasteiger partial charge >= 0.3 is 0 Å². The van der Waals surface area contributed by atoms with Crippen LogP contribution in [-0.2, 0) is 19.3 Å². The van der Waals surface area contributed by atoms with Crippen LogP contribution in [0.3, 0.4) is 0 Å². The highest BCUT2D eigenvalue weighted by Crippen LogP contribution is 2.19.